The molecule has 0 spiro atoms. The number of ether oxygens (including phenoxy) is 1. The van der Waals surface area contributed by atoms with E-state index in [4.69, 9.17) is 11.2 Å². The van der Waals surface area contributed by atoms with Crippen LogP contribution in [0.5, 0.6) is 0 Å². The summed E-state index contributed by atoms with van der Waals surface area (Å²) in [5.41, 5.74) is 0.464. The minimum atomic E-state index is -0.910. The highest BCUT2D eigenvalue weighted by Gasteiger charge is 2.35. The van der Waals surface area contributed by atoms with Gasteiger partial charge in [-0.05, 0) is 59.1 Å². The average molecular weight is 456 g/mol. The molecule has 3 amide bonds. The SMILES string of the molecule is C#Cc1ccccc1C(C(=O)NC1CCCCC1)N(C(=O)CNC(=O)OC(C)(C)C)C(C)C. The molecular weight excluding hydrogens is 418 g/mol. The Labute approximate surface area is 197 Å². The second-order valence-corrected chi connectivity index (χ2v) is 9.73. The van der Waals surface area contributed by atoms with Gasteiger partial charge in [-0.2, -0.15) is 0 Å². The Morgan fingerprint density at radius 3 is 2.36 bits per heavy atom. The Kier molecular flexibility index (Phi) is 9.33. The maximum Gasteiger partial charge on any atom is 0.408 e. The van der Waals surface area contributed by atoms with Crippen LogP contribution in [0.15, 0.2) is 24.3 Å². The Morgan fingerprint density at radius 1 is 1.15 bits per heavy atom. The summed E-state index contributed by atoms with van der Waals surface area (Å²) in [6.45, 7) is 8.62. The molecule has 0 radical (unpaired) electrons. The molecule has 0 bridgehead atoms. The number of alkyl carbamates (subject to hydrolysis) is 1. The first-order chi connectivity index (χ1) is 15.5. The van der Waals surface area contributed by atoms with E-state index in [0.717, 1.165) is 25.7 Å². The summed E-state index contributed by atoms with van der Waals surface area (Å²) in [7, 11) is 0. The van der Waals surface area contributed by atoms with Gasteiger partial charge in [0, 0.05) is 17.6 Å². The van der Waals surface area contributed by atoms with Crippen molar-refractivity contribution in [2.24, 2.45) is 0 Å². The highest BCUT2D eigenvalue weighted by atomic mass is 16.6. The lowest BCUT2D eigenvalue weighted by atomic mass is 9.93. The van der Waals surface area contributed by atoms with Crippen molar-refractivity contribution in [2.75, 3.05) is 6.54 Å². The second-order valence-electron chi connectivity index (χ2n) is 9.73. The van der Waals surface area contributed by atoms with Gasteiger partial charge in [-0.25, -0.2) is 4.79 Å². The van der Waals surface area contributed by atoms with Gasteiger partial charge < -0.3 is 20.3 Å². The summed E-state index contributed by atoms with van der Waals surface area (Å²) in [6, 6.07) is 6.01. The van der Waals surface area contributed by atoms with Crippen molar-refractivity contribution in [2.45, 2.75) is 90.4 Å². The number of amides is 3. The molecule has 7 nitrogen and oxygen atoms in total. The van der Waals surface area contributed by atoms with Crippen LogP contribution in [0.25, 0.3) is 0 Å². The van der Waals surface area contributed by atoms with Gasteiger partial charge in [0.1, 0.15) is 18.2 Å². The highest BCUT2D eigenvalue weighted by Crippen LogP contribution is 2.28. The third-order valence-electron chi connectivity index (χ3n) is 5.52. The summed E-state index contributed by atoms with van der Waals surface area (Å²) in [5, 5.41) is 5.65. The van der Waals surface area contributed by atoms with Crippen LogP contribution in [0, 0.1) is 12.3 Å². The quantitative estimate of drug-likeness (QED) is 0.610. The summed E-state index contributed by atoms with van der Waals surface area (Å²) < 4.78 is 5.23. The van der Waals surface area contributed by atoms with Crippen molar-refractivity contribution in [3.8, 4) is 12.3 Å². The van der Waals surface area contributed by atoms with Crippen LogP contribution in [-0.4, -0.2) is 47.0 Å². The lowest BCUT2D eigenvalue weighted by molar-refractivity contribution is -0.142. The largest absolute Gasteiger partial charge is 0.444 e. The monoisotopic (exact) mass is 455 g/mol. The average Bonchev–Trinajstić information content (AvgIpc) is 2.75. The standard InChI is InChI=1S/C26H37N3O4/c1-7-19-13-11-12-16-21(19)23(24(31)28-20-14-9-8-10-15-20)29(18(2)3)22(30)17-27-25(32)33-26(4,5)6/h1,11-13,16,18,20,23H,8-10,14-15,17H2,2-6H3,(H,27,32)(H,28,31). The van der Waals surface area contributed by atoms with Crippen LogP contribution in [0.2, 0.25) is 0 Å². The van der Waals surface area contributed by atoms with Crippen molar-refractivity contribution >= 4 is 17.9 Å². The zero-order chi connectivity index (χ0) is 24.6. The fraction of sp³-hybridized carbons (Fsp3) is 0.577. The van der Waals surface area contributed by atoms with Gasteiger partial charge in [-0.15, -0.1) is 6.42 Å². The summed E-state index contributed by atoms with van der Waals surface area (Å²) in [4.78, 5) is 40.4. The lowest BCUT2D eigenvalue weighted by Gasteiger charge is -2.36. The van der Waals surface area contributed by atoms with E-state index < -0.39 is 23.6 Å². The summed E-state index contributed by atoms with van der Waals surface area (Å²) in [5.74, 6) is 1.98. The molecule has 0 saturated heterocycles. The van der Waals surface area contributed by atoms with E-state index in [1.165, 1.54) is 11.3 Å². The van der Waals surface area contributed by atoms with Crippen molar-refractivity contribution in [3.63, 3.8) is 0 Å². The van der Waals surface area contributed by atoms with E-state index in [1.807, 2.05) is 13.8 Å². The molecule has 1 unspecified atom stereocenters. The number of terminal acetylenes is 1. The maximum atomic E-state index is 13.6. The van der Waals surface area contributed by atoms with Gasteiger partial charge in [-0.1, -0.05) is 43.4 Å². The normalized spacial score (nSPS) is 15.3. The summed E-state index contributed by atoms with van der Waals surface area (Å²) in [6.07, 6.45) is 10.2. The van der Waals surface area contributed by atoms with Gasteiger partial charge in [0.05, 0.1) is 0 Å². The maximum absolute atomic E-state index is 13.6. The molecule has 0 aliphatic heterocycles. The molecule has 1 aliphatic rings. The third kappa shape index (κ3) is 7.81. The van der Waals surface area contributed by atoms with E-state index in [-0.39, 0.29) is 24.5 Å². The molecule has 0 aromatic heterocycles. The Balaban J connectivity index is 2.32. The van der Waals surface area contributed by atoms with Crippen molar-refractivity contribution < 1.29 is 19.1 Å². The first-order valence-electron chi connectivity index (χ1n) is 11.7. The molecule has 1 aromatic carbocycles. The van der Waals surface area contributed by atoms with E-state index >= 15 is 0 Å². The lowest BCUT2D eigenvalue weighted by Crippen LogP contribution is -2.52. The molecule has 1 aliphatic carbocycles. The number of rotatable bonds is 7. The third-order valence-corrected chi connectivity index (χ3v) is 5.52. The van der Waals surface area contributed by atoms with E-state index in [2.05, 4.69) is 16.6 Å². The van der Waals surface area contributed by atoms with Crippen molar-refractivity contribution in [1.29, 1.82) is 0 Å². The number of nitrogens with one attached hydrogen (secondary N) is 2. The zero-order valence-electron chi connectivity index (χ0n) is 20.4. The minimum absolute atomic E-state index is 0.0794. The molecule has 2 rings (SSSR count). The molecule has 1 atom stereocenters. The first kappa shape index (κ1) is 26.2. The molecule has 0 heterocycles. The predicted molar refractivity (Wildman–Crippen MR) is 128 cm³/mol. The second kappa shape index (κ2) is 11.7. The fourth-order valence-electron chi connectivity index (χ4n) is 4.09. The highest BCUT2D eigenvalue weighted by molar-refractivity contribution is 5.91. The molecule has 1 saturated carbocycles. The number of carbonyl (C=O) groups is 3. The van der Waals surface area contributed by atoms with Gasteiger partial charge in [0.15, 0.2) is 0 Å². The number of hydrogen-bond acceptors (Lipinski definition) is 4. The number of carbonyl (C=O) groups excluding carboxylic acids is 3. The topological polar surface area (TPSA) is 87.7 Å². The van der Waals surface area contributed by atoms with Crippen molar-refractivity contribution in [3.05, 3.63) is 35.4 Å². The van der Waals surface area contributed by atoms with Crippen LogP contribution < -0.4 is 10.6 Å². The van der Waals surface area contributed by atoms with E-state index in [9.17, 15) is 14.4 Å². The number of benzene rings is 1. The summed E-state index contributed by atoms with van der Waals surface area (Å²) >= 11 is 0. The molecular formula is C26H37N3O4. The van der Waals surface area contributed by atoms with E-state index in [0.29, 0.717) is 11.1 Å². The van der Waals surface area contributed by atoms with Crippen LogP contribution in [0.4, 0.5) is 4.79 Å². The molecule has 1 fully saturated rings. The number of nitrogens with zero attached hydrogens (tertiary/aromatic N) is 1. The first-order valence-corrected chi connectivity index (χ1v) is 11.7. The number of hydrogen-bond donors (Lipinski definition) is 2. The molecule has 180 valence electrons. The van der Waals surface area contributed by atoms with Gasteiger partial charge in [0.2, 0.25) is 11.8 Å². The molecule has 1 aromatic rings. The zero-order valence-corrected chi connectivity index (χ0v) is 20.4. The van der Waals surface area contributed by atoms with Gasteiger partial charge in [-0.3, -0.25) is 9.59 Å². The smallest absolute Gasteiger partial charge is 0.408 e. The van der Waals surface area contributed by atoms with Crippen LogP contribution >= 0.6 is 0 Å². The molecule has 7 heteroatoms. The van der Waals surface area contributed by atoms with Crippen LogP contribution in [0.3, 0.4) is 0 Å². The van der Waals surface area contributed by atoms with Crippen molar-refractivity contribution in [1.82, 2.24) is 15.5 Å². The predicted octanol–water partition coefficient (Wildman–Crippen LogP) is 3.92. The van der Waals surface area contributed by atoms with E-state index in [1.54, 1.807) is 45.0 Å². The minimum Gasteiger partial charge on any atom is -0.444 e. The molecule has 2 N–H and O–H groups in total. The Bertz CT molecular complexity index is 876. The van der Waals surface area contributed by atoms with Gasteiger partial charge >= 0.3 is 6.09 Å². The van der Waals surface area contributed by atoms with Gasteiger partial charge in [0.25, 0.3) is 0 Å². The Morgan fingerprint density at radius 2 is 1.79 bits per heavy atom. The van der Waals surface area contributed by atoms with Crippen LogP contribution in [0.1, 0.15) is 83.9 Å². The van der Waals surface area contributed by atoms with Crippen LogP contribution in [-0.2, 0) is 14.3 Å². The fourth-order valence-corrected chi connectivity index (χ4v) is 4.09. The molecule has 33 heavy (non-hydrogen) atoms. The Hall–Kier alpha value is -3.01.